The van der Waals surface area contributed by atoms with E-state index in [1.165, 1.54) is 0 Å². The Balaban J connectivity index is -0.0000000150. The van der Waals surface area contributed by atoms with Crippen molar-refractivity contribution in [1.29, 1.82) is 0 Å². The second-order valence-electron chi connectivity index (χ2n) is 0.266. The second kappa shape index (κ2) is 15.8. The Labute approximate surface area is 118 Å². The van der Waals surface area contributed by atoms with Crippen LogP contribution in [0.2, 0.25) is 0 Å². The minimum absolute atomic E-state index is 0. The molecular weight excluding hydrogens is 129 g/mol. The molecule has 0 saturated carbocycles. The summed E-state index contributed by atoms with van der Waals surface area (Å²) in [6.07, 6.45) is -2.08. The third-order valence-electron chi connectivity index (χ3n) is 0. The molecule has 0 aromatic carbocycles. The van der Waals surface area contributed by atoms with Crippen molar-refractivity contribution in [3.63, 3.8) is 0 Å². The molecule has 0 heterocycles. The Morgan fingerprint density at radius 2 is 1.57 bits per heavy atom. The van der Waals surface area contributed by atoms with Gasteiger partial charge in [0.15, 0.2) is 0 Å². The molecule has 0 saturated heterocycles. The minimum atomic E-state index is -2.08. The molecular formula is CH3KLiNaO3. The maximum atomic E-state index is 8.44. The molecule has 0 bridgehead atoms. The van der Waals surface area contributed by atoms with E-state index in [1.807, 2.05) is 0 Å². The molecule has 28 valence electrons. The number of carbonyl (C=O) groups is 1. The van der Waals surface area contributed by atoms with Crippen molar-refractivity contribution in [2.45, 2.75) is 0 Å². The first-order valence-electron chi connectivity index (χ1n) is 0.632. The zero-order chi connectivity index (χ0) is 3.58. The van der Waals surface area contributed by atoms with Crippen LogP contribution in [0.1, 0.15) is 0 Å². The molecule has 0 aliphatic rings. The summed E-state index contributed by atoms with van der Waals surface area (Å²) < 4.78 is 0. The summed E-state index contributed by atoms with van der Waals surface area (Å²) in [6, 6.07) is 0. The molecule has 1 N–H and O–H groups in total. The van der Waals surface area contributed by atoms with Gasteiger partial charge in [0.05, 0.1) is 0 Å². The standard InChI is InChI=1S/CH2O3.K.Li.Na.2H/c2-1(3)4;;;;;/h(H2,2,3,4);;;;;/q;+1;;;;/p-1. The summed E-state index contributed by atoms with van der Waals surface area (Å²) in [6.45, 7) is 0. The molecule has 3 nitrogen and oxygen atoms in total. The molecule has 0 amide bonds. The van der Waals surface area contributed by atoms with Gasteiger partial charge in [0.2, 0.25) is 6.16 Å². The van der Waals surface area contributed by atoms with Gasteiger partial charge in [0.1, 0.15) is 0 Å². The summed E-state index contributed by atoms with van der Waals surface area (Å²) >= 11 is 0. The molecule has 0 aromatic rings. The first-order valence-corrected chi connectivity index (χ1v) is 0.632. The van der Waals surface area contributed by atoms with E-state index < -0.39 is 6.16 Å². The average Bonchev–Trinajstić information content (AvgIpc) is 0.811. The molecule has 0 fully saturated rings. The van der Waals surface area contributed by atoms with Crippen LogP contribution >= 0.6 is 0 Å². The van der Waals surface area contributed by atoms with Crippen molar-refractivity contribution in [2.75, 3.05) is 0 Å². The Kier molecular flexibility index (Phi) is 51.2. The van der Waals surface area contributed by atoms with Crippen LogP contribution in [-0.2, 0) is 0 Å². The van der Waals surface area contributed by atoms with Crippen LogP contribution in [0.4, 0.5) is 4.79 Å². The van der Waals surface area contributed by atoms with Crippen molar-refractivity contribution >= 4 is 54.6 Å². The molecule has 0 rings (SSSR count). The number of rotatable bonds is 0. The van der Waals surface area contributed by atoms with E-state index in [-0.39, 0.29) is 99.8 Å². The van der Waals surface area contributed by atoms with Gasteiger partial charge in [-0.05, 0) is 0 Å². The van der Waals surface area contributed by atoms with Crippen LogP contribution < -0.4 is 56.5 Å². The molecule has 0 aliphatic heterocycles. The van der Waals surface area contributed by atoms with Gasteiger partial charge in [-0.2, -0.15) is 0 Å². The molecule has 0 spiro atoms. The van der Waals surface area contributed by atoms with Crippen LogP contribution in [0, 0.1) is 0 Å². The molecule has 0 unspecified atom stereocenters. The van der Waals surface area contributed by atoms with Crippen molar-refractivity contribution in [1.82, 2.24) is 0 Å². The van der Waals surface area contributed by atoms with Gasteiger partial charge in [-0.3, -0.25) is 0 Å². The number of hydrogen-bond donors (Lipinski definition) is 1. The van der Waals surface area contributed by atoms with Crippen LogP contribution in [0.5, 0.6) is 0 Å². The van der Waals surface area contributed by atoms with Gasteiger partial charge in [-0.1, -0.05) is 0 Å². The first kappa shape index (κ1) is 22.7. The van der Waals surface area contributed by atoms with E-state index in [1.54, 1.807) is 0 Å². The van der Waals surface area contributed by atoms with Crippen LogP contribution in [0.15, 0.2) is 0 Å². The SMILES string of the molecule is O=C([O-])O.[K+].[LiH].[NaH]. The summed E-state index contributed by atoms with van der Waals surface area (Å²) in [5.41, 5.74) is 0. The van der Waals surface area contributed by atoms with Crippen molar-refractivity contribution < 1.29 is 66.4 Å². The summed E-state index contributed by atoms with van der Waals surface area (Å²) in [5, 5.41) is 15.3. The van der Waals surface area contributed by atoms with E-state index in [0.717, 1.165) is 0 Å². The molecule has 6 heteroatoms. The van der Waals surface area contributed by atoms with Crippen molar-refractivity contribution in [3.05, 3.63) is 0 Å². The third-order valence-corrected chi connectivity index (χ3v) is 0. The quantitative estimate of drug-likeness (QED) is 0.335. The van der Waals surface area contributed by atoms with Crippen LogP contribution in [-0.4, -0.2) is 59.7 Å². The normalized spacial score (nSPS) is 3.43. The Bertz CT molecular complexity index is 37.9. The molecule has 0 aliphatic carbocycles. The van der Waals surface area contributed by atoms with Gasteiger partial charge in [0.25, 0.3) is 0 Å². The zero-order valence-corrected chi connectivity index (χ0v) is 5.89. The van der Waals surface area contributed by atoms with E-state index in [0.29, 0.717) is 0 Å². The first-order chi connectivity index (χ1) is 1.73. The van der Waals surface area contributed by atoms with Gasteiger partial charge >= 0.3 is 99.8 Å². The Morgan fingerprint density at radius 1 is 1.57 bits per heavy atom. The molecule has 7 heavy (non-hydrogen) atoms. The topological polar surface area (TPSA) is 60.4 Å². The molecule has 0 radical (unpaired) electrons. The number of carboxylic acid groups (broad SMARTS) is 2. The fraction of sp³-hybridized carbons (Fsp3) is 0. The van der Waals surface area contributed by atoms with Gasteiger partial charge in [-0.15, -0.1) is 0 Å². The zero-order valence-electron chi connectivity index (χ0n) is 2.76. The average molecular weight is 132 g/mol. The Hall–Kier alpha value is 2.50. The van der Waals surface area contributed by atoms with Crippen LogP contribution in [0.3, 0.4) is 0 Å². The Morgan fingerprint density at radius 3 is 1.57 bits per heavy atom. The predicted molar refractivity (Wildman–Crippen MR) is 22.3 cm³/mol. The van der Waals surface area contributed by atoms with E-state index in [4.69, 9.17) is 15.0 Å². The molecule has 0 atom stereocenters. The van der Waals surface area contributed by atoms with Crippen molar-refractivity contribution in [2.24, 2.45) is 0 Å². The monoisotopic (exact) mass is 132 g/mol. The van der Waals surface area contributed by atoms with E-state index in [9.17, 15) is 0 Å². The third kappa shape index (κ3) is 57.4. The fourth-order valence-electron chi connectivity index (χ4n) is 0. The van der Waals surface area contributed by atoms with Crippen LogP contribution in [0.25, 0.3) is 0 Å². The van der Waals surface area contributed by atoms with E-state index in [2.05, 4.69) is 0 Å². The predicted octanol–water partition coefficient (Wildman–Crippen LogP) is -5.41. The van der Waals surface area contributed by atoms with Gasteiger partial charge < -0.3 is 15.0 Å². The number of hydrogen-bond acceptors (Lipinski definition) is 2. The second-order valence-corrected chi connectivity index (χ2v) is 0.266. The molecule has 0 aromatic heterocycles. The van der Waals surface area contributed by atoms with Crippen molar-refractivity contribution in [3.8, 4) is 0 Å². The fourth-order valence-corrected chi connectivity index (χ4v) is 0. The maximum absolute atomic E-state index is 8.44. The summed E-state index contributed by atoms with van der Waals surface area (Å²) in [4.78, 5) is 8.44. The van der Waals surface area contributed by atoms with Gasteiger partial charge in [-0.25, -0.2) is 0 Å². The van der Waals surface area contributed by atoms with Gasteiger partial charge in [0, 0.05) is 0 Å². The van der Waals surface area contributed by atoms with E-state index >= 15 is 0 Å². The summed E-state index contributed by atoms with van der Waals surface area (Å²) in [5.74, 6) is 0. The summed E-state index contributed by atoms with van der Waals surface area (Å²) in [7, 11) is 0.